The highest BCUT2D eigenvalue weighted by Gasteiger charge is 2.16. The molecule has 3 nitrogen and oxygen atoms in total. The summed E-state index contributed by atoms with van der Waals surface area (Å²) < 4.78 is 2.28. The van der Waals surface area contributed by atoms with E-state index in [1.165, 1.54) is 24.3 Å². The lowest BCUT2D eigenvalue weighted by Gasteiger charge is -2.22. The Hall–Kier alpha value is -1.07. The Morgan fingerprint density at radius 1 is 1.32 bits per heavy atom. The van der Waals surface area contributed by atoms with Gasteiger partial charge in [0.2, 0.25) is 0 Å². The molecule has 19 heavy (non-hydrogen) atoms. The van der Waals surface area contributed by atoms with Crippen molar-refractivity contribution in [3.8, 4) is 0 Å². The number of hydrogen-bond donors (Lipinski definition) is 1. The van der Waals surface area contributed by atoms with Crippen molar-refractivity contribution in [3.05, 3.63) is 39.4 Å². The van der Waals surface area contributed by atoms with Crippen molar-refractivity contribution in [3.63, 3.8) is 0 Å². The fourth-order valence-electron chi connectivity index (χ4n) is 2.55. The van der Waals surface area contributed by atoms with Crippen LogP contribution in [0.15, 0.2) is 29.1 Å². The lowest BCUT2D eigenvalue weighted by molar-refractivity contribution is 0.406. The summed E-state index contributed by atoms with van der Waals surface area (Å²) in [5.74, 6) is 2.97. The zero-order chi connectivity index (χ0) is 13.2. The number of thioether (sulfide) groups is 1. The Balaban J connectivity index is 2.03. The normalized spacial score (nSPS) is 16.8. The van der Waals surface area contributed by atoms with Gasteiger partial charge in [-0.3, -0.25) is 9.36 Å². The number of benzene rings is 1. The second-order valence-electron chi connectivity index (χ2n) is 4.95. The first-order chi connectivity index (χ1) is 9.25. The molecule has 0 amide bonds. The largest absolute Gasteiger partial charge is 0.332 e. The van der Waals surface area contributed by atoms with Gasteiger partial charge in [-0.1, -0.05) is 12.1 Å². The van der Waals surface area contributed by atoms with Crippen molar-refractivity contribution in [2.45, 2.75) is 19.4 Å². The van der Waals surface area contributed by atoms with Crippen LogP contribution in [0, 0.1) is 10.7 Å². The molecule has 1 N–H and O–H groups in total. The zero-order valence-corrected chi connectivity index (χ0v) is 12.2. The van der Waals surface area contributed by atoms with E-state index in [4.69, 9.17) is 12.2 Å². The van der Waals surface area contributed by atoms with Crippen molar-refractivity contribution >= 4 is 34.9 Å². The highest BCUT2D eigenvalue weighted by Crippen LogP contribution is 2.23. The summed E-state index contributed by atoms with van der Waals surface area (Å²) in [6.07, 6.45) is 2.36. The van der Waals surface area contributed by atoms with Crippen molar-refractivity contribution in [1.82, 2.24) is 9.55 Å². The number of nitrogens with zero attached hydrogens (tertiary/aromatic N) is 1. The first-order valence-corrected chi connectivity index (χ1v) is 8.11. The number of rotatable bonds is 2. The monoisotopic (exact) mass is 292 g/mol. The molecule has 1 fully saturated rings. The molecule has 0 bridgehead atoms. The fourth-order valence-corrected chi connectivity index (χ4v) is 4.02. The third-order valence-electron chi connectivity index (χ3n) is 3.67. The van der Waals surface area contributed by atoms with E-state index < -0.39 is 0 Å². The van der Waals surface area contributed by atoms with Crippen LogP contribution in [0.3, 0.4) is 0 Å². The predicted octanol–water partition coefficient (Wildman–Crippen LogP) is 3.20. The topological polar surface area (TPSA) is 37.8 Å². The van der Waals surface area contributed by atoms with E-state index in [0.29, 0.717) is 10.7 Å². The van der Waals surface area contributed by atoms with Gasteiger partial charge in [-0.05, 0) is 54.6 Å². The number of hydrogen-bond acceptors (Lipinski definition) is 3. The van der Waals surface area contributed by atoms with Crippen LogP contribution in [0.25, 0.3) is 10.9 Å². The minimum Gasteiger partial charge on any atom is -0.332 e. The summed E-state index contributed by atoms with van der Waals surface area (Å²) in [5, 5.41) is 0.723. The Kier molecular flexibility index (Phi) is 3.75. The predicted molar refractivity (Wildman–Crippen MR) is 83.4 cm³/mol. The van der Waals surface area contributed by atoms with Gasteiger partial charge in [0.25, 0.3) is 5.56 Å². The SMILES string of the molecule is O=c1c2ccccc2[nH]c(=S)n1CC1CCSCC1. The van der Waals surface area contributed by atoms with Crippen LogP contribution >= 0.6 is 24.0 Å². The smallest absolute Gasteiger partial charge is 0.262 e. The minimum absolute atomic E-state index is 0.0394. The molecule has 0 spiro atoms. The Labute approximate surface area is 121 Å². The van der Waals surface area contributed by atoms with Gasteiger partial charge < -0.3 is 4.98 Å². The van der Waals surface area contributed by atoms with Gasteiger partial charge >= 0.3 is 0 Å². The first kappa shape index (κ1) is 12.9. The van der Waals surface area contributed by atoms with Crippen LogP contribution in [0.4, 0.5) is 0 Å². The maximum absolute atomic E-state index is 12.5. The molecule has 1 aromatic carbocycles. The lowest BCUT2D eigenvalue weighted by Crippen LogP contribution is -2.27. The molecule has 0 radical (unpaired) electrons. The van der Waals surface area contributed by atoms with Crippen LogP contribution in [0.2, 0.25) is 0 Å². The molecule has 0 aliphatic carbocycles. The third kappa shape index (κ3) is 2.62. The summed E-state index contributed by atoms with van der Waals surface area (Å²) in [6, 6.07) is 7.56. The molecule has 1 aromatic heterocycles. The molecule has 3 rings (SSSR count). The molecule has 1 aliphatic heterocycles. The number of nitrogens with one attached hydrogen (secondary N) is 1. The van der Waals surface area contributed by atoms with Gasteiger partial charge in [0.05, 0.1) is 10.9 Å². The molecule has 5 heteroatoms. The van der Waals surface area contributed by atoms with Gasteiger partial charge in [-0.2, -0.15) is 11.8 Å². The van der Waals surface area contributed by atoms with Gasteiger partial charge in [0, 0.05) is 6.54 Å². The summed E-state index contributed by atoms with van der Waals surface area (Å²) in [5.41, 5.74) is 0.866. The van der Waals surface area contributed by atoms with Crippen LogP contribution < -0.4 is 5.56 Å². The summed E-state index contributed by atoms with van der Waals surface area (Å²) in [6.45, 7) is 0.750. The zero-order valence-electron chi connectivity index (χ0n) is 10.6. The molecule has 0 saturated carbocycles. The van der Waals surface area contributed by atoms with E-state index in [2.05, 4.69) is 4.98 Å². The number of aromatic amines is 1. The Bertz CT molecular complexity index is 698. The number of para-hydroxylation sites is 1. The third-order valence-corrected chi connectivity index (χ3v) is 5.04. The average molecular weight is 292 g/mol. The second-order valence-corrected chi connectivity index (χ2v) is 6.56. The van der Waals surface area contributed by atoms with E-state index in [1.807, 2.05) is 36.0 Å². The summed E-state index contributed by atoms with van der Waals surface area (Å²) in [7, 11) is 0. The van der Waals surface area contributed by atoms with Crippen molar-refractivity contribution in [2.75, 3.05) is 11.5 Å². The van der Waals surface area contributed by atoms with Gasteiger partial charge in [0.15, 0.2) is 4.77 Å². The molecular weight excluding hydrogens is 276 g/mol. The second kappa shape index (κ2) is 5.51. The van der Waals surface area contributed by atoms with Gasteiger partial charge in [0.1, 0.15) is 0 Å². The van der Waals surface area contributed by atoms with Crippen molar-refractivity contribution in [1.29, 1.82) is 0 Å². The van der Waals surface area contributed by atoms with Gasteiger partial charge in [-0.25, -0.2) is 0 Å². The highest BCUT2D eigenvalue weighted by molar-refractivity contribution is 7.99. The Morgan fingerprint density at radius 3 is 2.84 bits per heavy atom. The molecule has 0 atom stereocenters. The number of H-pyrrole nitrogens is 1. The fraction of sp³-hybridized carbons (Fsp3) is 0.429. The molecular formula is C14H16N2OS2. The van der Waals surface area contributed by atoms with Crippen LogP contribution in [-0.2, 0) is 6.54 Å². The standard InChI is InChI=1S/C14H16N2OS2/c17-13-11-3-1-2-4-12(11)15-14(18)16(13)9-10-5-7-19-8-6-10/h1-4,10H,5-9H2,(H,15,18). The minimum atomic E-state index is 0.0394. The van der Waals surface area contributed by atoms with E-state index in [0.717, 1.165) is 17.4 Å². The summed E-state index contributed by atoms with van der Waals surface area (Å²) in [4.78, 5) is 15.7. The maximum atomic E-state index is 12.5. The number of fused-ring (bicyclic) bond motifs is 1. The lowest BCUT2D eigenvalue weighted by atomic mass is 10.0. The van der Waals surface area contributed by atoms with Crippen molar-refractivity contribution in [2.24, 2.45) is 5.92 Å². The first-order valence-electron chi connectivity index (χ1n) is 6.55. The average Bonchev–Trinajstić information content (AvgIpc) is 2.45. The van der Waals surface area contributed by atoms with Crippen LogP contribution in [0.1, 0.15) is 12.8 Å². The summed E-state index contributed by atoms with van der Waals surface area (Å²) >= 11 is 7.34. The maximum Gasteiger partial charge on any atom is 0.262 e. The number of aromatic nitrogens is 2. The van der Waals surface area contributed by atoms with Crippen molar-refractivity contribution < 1.29 is 0 Å². The van der Waals surface area contributed by atoms with Crippen LogP contribution in [0.5, 0.6) is 0 Å². The van der Waals surface area contributed by atoms with Crippen LogP contribution in [-0.4, -0.2) is 21.1 Å². The molecule has 1 aliphatic rings. The quantitative estimate of drug-likeness (QED) is 0.864. The molecule has 1 saturated heterocycles. The molecule has 100 valence electrons. The molecule has 2 heterocycles. The Morgan fingerprint density at radius 2 is 2.05 bits per heavy atom. The molecule has 0 unspecified atom stereocenters. The van der Waals surface area contributed by atoms with E-state index in [1.54, 1.807) is 4.57 Å². The van der Waals surface area contributed by atoms with Gasteiger partial charge in [-0.15, -0.1) is 0 Å². The van der Waals surface area contributed by atoms with E-state index in [-0.39, 0.29) is 5.56 Å². The van der Waals surface area contributed by atoms with E-state index >= 15 is 0 Å². The van der Waals surface area contributed by atoms with E-state index in [9.17, 15) is 4.79 Å². The molecule has 2 aromatic rings. The highest BCUT2D eigenvalue weighted by atomic mass is 32.2.